The fraction of sp³-hybridized carbons (Fsp3) is 0.0667. The highest BCUT2D eigenvalue weighted by atomic mass is 32.1. The molecule has 51 heavy (non-hydrogen) atoms. The van der Waals surface area contributed by atoms with Crippen LogP contribution in [-0.2, 0) is 5.41 Å². The van der Waals surface area contributed by atoms with Crippen LogP contribution in [0.25, 0.3) is 92.5 Å². The maximum Gasteiger partial charge on any atom is 0.235 e. The van der Waals surface area contributed by atoms with E-state index in [1.807, 2.05) is 36.8 Å². The molecule has 0 aliphatic heterocycles. The summed E-state index contributed by atoms with van der Waals surface area (Å²) in [5.41, 5.74) is 12.2. The first kappa shape index (κ1) is 28.6. The zero-order chi connectivity index (χ0) is 33.8. The van der Waals surface area contributed by atoms with Crippen molar-refractivity contribution in [2.75, 3.05) is 0 Å². The molecular weight excluding hydrogens is 643 g/mol. The number of aromatic nitrogens is 5. The van der Waals surface area contributed by atoms with Crippen LogP contribution in [0.1, 0.15) is 25.0 Å². The lowest BCUT2D eigenvalue weighted by molar-refractivity contribution is 0.666. The van der Waals surface area contributed by atoms with Crippen LogP contribution in [0.15, 0.2) is 140 Å². The summed E-state index contributed by atoms with van der Waals surface area (Å²) >= 11 is 1.73. The van der Waals surface area contributed by atoms with Gasteiger partial charge in [-0.2, -0.15) is 0 Å². The van der Waals surface area contributed by atoms with Gasteiger partial charge in [0, 0.05) is 56.0 Å². The van der Waals surface area contributed by atoms with Gasteiger partial charge in [-0.05, 0) is 87.6 Å². The van der Waals surface area contributed by atoms with E-state index in [1.165, 1.54) is 37.7 Å². The Labute approximate surface area is 297 Å². The highest BCUT2D eigenvalue weighted by Gasteiger charge is 2.37. The van der Waals surface area contributed by atoms with E-state index in [1.54, 1.807) is 11.3 Å². The van der Waals surface area contributed by atoms with Gasteiger partial charge in [-0.3, -0.25) is 14.5 Å². The average molecular weight is 672 g/mol. The van der Waals surface area contributed by atoms with Gasteiger partial charge in [-0.1, -0.05) is 80.6 Å². The Morgan fingerprint density at radius 2 is 1.49 bits per heavy atom. The molecule has 10 aromatic rings. The summed E-state index contributed by atoms with van der Waals surface area (Å²) in [6.45, 7) is 4.72. The van der Waals surface area contributed by atoms with Crippen molar-refractivity contribution < 1.29 is 0 Å². The largest absolute Gasteiger partial charge is 0.278 e. The number of pyridine rings is 2. The van der Waals surface area contributed by atoms with Crippen molar-refractivity contribution in [2.24, 2.45) is 0 Å². The van der Waals surface area contributed by atoms with Crippen LogP contribution in [0.4, 0.5) is 0 Å². The Morgan fingerprint density at radius 3 is 2.37 bits per heavy atom. The molecule has 0 amide bonds. The predicted octanol–water partition coefficient (Wildman–Crippen LogP) is 11.5. The van der Waals surface area contributed by atoms with Gasteiger partial charge in [0.25, 0.3) is 0 Å². The third kappa shape index (κ3) is 4.02. The first-order valence-electron chi connectivity index (χ1n) is 17.2. The van der Waals surface area contributed by atoms with Crippen LogP contribution in [0.2, 0.25) is 0 Å². The molecule has 5 heterocycles. The van der Waals surface area contributed by atoms with Crippen LogP contribution < -0.4 is 0 Å². The first-order chi connectivity index (χ1) is 25.0. The number of fused-ring (bicyclic) bond motifs is 11. The van der Waals surface area contributed by atoms with Crippen molar-refractivity contribution >= 4 is 64.2 Å². The Morgan fingerprint density at radius 1 is 0.627 bits per heavy atom. The third-order valence-electron chi connectivity index (χ3n) is 10.7. The topological polar surface area (TPSA) is 56.5 Å². The molecular formula is C45H29N5S. The standard InChI is InChI=1S/C45H29N5S/c1-45(2)35-13-5-3-11-29(35)30-18-16-26-23-38-34(24-32(26)40(30)45)33-22-27(36-14-7-8-21-47-36)17-19-37(33)50(38)44-48-41(28-10-9-20-46-25-28)43-42(49-44)31-12-4-6-15-39(31)51-43/h3-25H,1-2H3. The summed E-state index contributed by atoms with van der Waals surface area (Å²) in [5.74, 6) is 0.642. The summed E-state index contributed by atoms with van der Waals surface area (Å²) < 4.78 is 4.51. The fourth-order valence-corrected chi connectivity index (χ4v) is 9.57. The van der Waals surface area contributed by atoms with Crippen molar-refractivity contribution in [1.29, 1.82) is 0 Å². The smallest absolute Gasteiger partial charge is 0.235 e. The molecule has 0 saturated heterocycles. The van der Waals surface area contributed by atoms with Crippen LogP contribution in [-0.4, -0.2) is 24.5 Å². The van der Waals surface area contributed by atoms with Crippen molar-refractivity contribution in [2.45, 2.75) is 19.3 Å². The lowest BCUT2D eigenvalue weighted by Gasteiger charge is -2.23. The lowest BCUT2D eigenvalue weighted by atomic mass is 9.80. The van der Waals surface area contributed by atoms with Crippen molar-refractivity contribution in [3.63, 3.8) is 0 Å². The molecule has 0 N–H and O–H groups in total. The van der Waals surface area contributed by atoms with E-state index in [0.717, 1.165) is 59.9 Å². The van der Waals surface area contributed by atoms with Gasteiger partial charge in [0.15, 0.2) is 0 Å². The SMILES string of the molecule is CC1(C)c2ccccc2-c2ccc3cc4c(cc3c21)c1cc(-c2ccccn2)ccc1n4-c1nc(-c2cccnc2)c2sc3ccccc3c2n1. The molecule has 0 saturated carbocycles. The Balaban J connectivity index is 1.27. The molecule has 240 valence electrons. The molecule has 5 nitrogen and oxygen atoms in total. The van der Waals surface area contributed by atoms with Gasteiger partial charge >= 0.3 is 0 Å². The molecule has 0 spiro atoms. The molecule has 6 heteroatoms. The second kappa shape index (κ2) is 10.4. The van der Waals surface area contributed by atoms with E-state index in [-0.39, 0.29) is 5.41 Å². The van der Waals surface area contributed by atoms with Crippen LogP contribution in [0, 0.1) is 0 Å². The minimum atomic E-state index is -0.136. The van der Waals surface area contributed by atoms with E-state index < -0.39 is 0 Å². The number of benzene rings is 5. The van der Waals surface area contributed by atoms with Gasteiger partial charge in [0.05, 0.1) is 32.6 Å². The molecule has 5 aromatic carbocycles. The normalized spacial score (nSPS) is 13.5. The highest BCUT2D eigenvalue weighted by Crippen LogP contribution is 2.52. The van der Waals surface area contributed by atoms with Gasteiger partial charge in [-0.15, -0.1) is 11.3 Å². The molecule has 0 fully saturated rings. The van der Waals surface area contributed by atoms with Gasteiger partial charge in [0.1, 0.15) is 0 Å². The van der Waals surface area contributed by atoms with Gasteiger partial charge in [-0.25, -0.2) is 9.97 Å². The molecule has 0 radical (unpaired) electrons. The maximum atomic E-state index is 5.39. The number of thiophene rings is 1. The molecule has 1 aliphatic rings. The van der Waals surface area contributed by atoms with E-state index in [0.29, 0.717) is 5.95 Å². The second-order valence-electron chi connectivity index (χ2n) is 13.9. The maximum absolute atomic E-state index is 5.39. The summed E-state index contributed by atoms with van der Waals surface area (Å²) in [6.07, 6.45) is 5.56. The Bertz CT molecular complexity index is 3050. The molecule has 0 bridgehead atoms. The summed E-state index contributed by atoms with van der Waals surface area (Å²) in [5, 5.41) is 5.91. The van der Waals surface area contributed by atoms with E-state index in [2.05, 4.69) is 127 Å². The van der Waals surface area contributed by atoms with E-state index in [4.69, 9.17) is 15.0 Å². The minimum absolute atomic E-state index is 0.136. The number of hydrogen-bond acceptors (Lipinski definition) is 5. The fourth-order valence-electron chi connectivity index (χ4n) is 8.42. The minimum Gasteiger partial charge on any atom is -0.278 e. The summed E-state index contributed by atoms with van der Waals surface area (Å²) in [6, 6.07) is 43.5. The van der Waals surface area contributed by atoms with Crippen molar-refractivity contribution in [3.8, 4) is 39.6 Å². The molecule has 5 aromatic heterocycles. The van der Waals surface area contributed by atoms with Crippen molar-refractivity contribution in [1.82, 2.24) is 24.5 Å². The molecule has 1 aliphatic carbocycles. The monoisotopic (exact) mass is 671 g/mol. The average Bonchev–Trinajstić information content (AvgIpc) is 3.79. The van der Waals surface area contributed by atoms with Gasteiger partial charge < -0.3 is 0 Å². The van der Waals surface area contributed by atoms with Gasteiger partial charge in [0.2, 0.25) is 5.95 Å². The summed E-state index contributed by atoms with van der Waals surface area (Å²) in [7, 11) is 0. The second-order valence-corrected chi connectivity index (χ2v) is 15.0. The number of hydrogen-bond donors (Lipinski definition) is 0. The summed E-state index contributed by atoms with van der Waals surface area (Å²) in [4.78, 5) is 20.0. The van der Waals surface area contributed by atoms with E-state index in [9.17, 15) is 0 Å². The van der Waals surface area contributed by atoms with Crippen LogP contribution in [0.3, 0.4) is 0 Å². The zero-order valence-electron chi connectivity index (χ0n) is 27.9. The van der Waals surface area contributed by atoms with E-state index >= 15 is 0 Å². The molecule has 0 atom stereocenters. The predicted molar refractivity (Wildman–Crippen MR) is 211 cm³/mol. The number of nitrogens with zero attached hydrogens (tertiary/aromatic N) is 5. The van der Waals surface area contributed by atoms with Crippen LogP contribution >= 0.6 is 11.3 Å². The lowest BCUT2D eigenvalue weighted by Crippen LogP contribution is -2.15. The third-order valence-corrected chi connectivity index (χ3v) is 11.9. The van der Waals surface area contributed by atoms with Crippen molar-refractivity contribution in [3.05, 3.63) is 151 Å². The molecule has 11 rings (SSSR count). The zero-order valence-corrected chi connectivity index (χ0v) is 28.7. The highest BCUT2D eigenvalue weighted by molar-refractivity contribution is 7.26. The van der Waals surface area contributed by atoms with Crippen LogP contribution in [0.5, 0.6) is 0 Å². The molecule has 0 unspecified atom stereocenters. The number of rotatable bonds is 3. The Kier molecular flexibility index (Phi) is 5.82. The Hall–Kier alpha value is -6.24. The first-order valence-corrected chi connectivity index (χ1v) is 18.0. The quantitative estimate of drug-likeness (QED) is 0.188.